The first-order chi connectivity index (χ1) is 6.93. The van der Waals surface area contributed by atoms with Crippen molar-refractivity contribution < 1.29 is 18.6 Å². The predicted molar refractivity (Wildman–Crippen MR) is 58.3 cm³/mol. The Kier molecular flexibility index (Phi) is 3.79. The van der Waals surface area contributed by atoms with Crippen molar-refractivity contribution in [3.63, 3.8) is 0 Å². The summed E-state index contributed by atoms with van der Waals surface area (Å²) >= 11 is 0. The van der Waals surface area contributed by atoms with E-state index < -0.39 is 14.6 Å². The van der Waals surface area contributed by atoms with E-state index in [1.165, 1.54) is 0 Å². The van der Waals surface area contributed by atoms with E-state index in [4.69, 9.17) is 5.11 Å². The lowest BCUT2D eigenvalue weighted by atomic mass is 9.98. The maximum Gasteiger partial charge on any atom is 0.158 e. The molecular weight excluding hydrogens is 216 g/mol. The summed E-state index contributed by atoms with van der Waals surface area (Å²) in [5, 5.41) is 18.5. The Morgan fingerprint density at radius 1 is 1.40 bits per heavy atom. The van der Waals surface area contributed by atoms with E-state index in [9.17, 15) is 13.5 Å². The molecule has 1 rings (SSSR count). The Balaban J connectivity index is 3.06. The third kappa shape index (κ3) is 1.92. The minimum atomic E-state index is -3.26. The smallest absolute Gasteiger partial charge is 0.158 e. The highest BCUT2D eigenvalue weighted by atomic mass is 32.2. The summed E-state index contributed by atoms with van der Waals surface area (Å²) in [4.78, 5) is 0. The molecule has 2 N–H and O–H groups in total. The van der Waals surface area contributed by atoms with Crippen LogP contribution in [0.5, 0.6) is 0 Å². The Bertz CT molecular complexity index is 311. The second-order valence-corrected chi connectivity index (χ2v) is 7.14. The van der Waals surface area contributed by atoms with Gasteiger partial charge in [-0.1, -0.05) is 13.8 Å². The van der Waals surface area contributed by atoms with E-state index in [-0.39, 0.29) is 30.8 Å². The van der Waals surface area contributed by atoms with E-state index in [1.807, 2.05) is 6.92 Å². The quantitative estimate of drug-likeness (QED) is 0.731. The van der Waals surface area contributed by atoms with E-state index in [2.05, 4.69) is 0 Å². The van der Waals surface area contributed by atoms with Gasteiger partial charge in [0.05, 0.1) is 11.4 Å². The van der Waals surface area contributed by atoms with Crippen molar-refractivity contribution in [1.82, 2.24) is 0 Å². The van der Waals surface area contributed by atoms with Crippen LogP contribution in [0.1, 0.15) is 26.7 Å². The Hall–Kier alpha value is -0.130. The van der Waals surface area contributed by atoms with Gasteiger partial charge in [0.1, 0.15) is 0 Å². The fourth-order valence-corrected chi connectivity index (χ4v) is 4.64. The molecule has 1 saturated carbocycles. The first-order valence-corrected chi connectivity index (χ1v) is 7.02. The number of aliphatic hydroxyl groups excluding tert-OH is 2. The molecule has 0 aromatic rings. The molecule has 15 heavy (non-hydrogen) atoms. The largest absolute Gasteiger partial charge is 0.396 e. The molecule has 1 aliphatic carbocycles. The molecule has 0 aromatic heterocycles. The number of aliphatic hydroxyl groups is 2. The van der Waals surface area contributed by atoms with Gasteiger partial charge in [0.25, 0.3) is 0 Å². The summed E-state index contributed by atoms with van der Waals surface area (Å²) in [6.45, 7) is 3.12. The minimum Gasteiger partial charge on any atom is -0.396 e. The van der Waals surface area contributed by atoms with Crippen molar-refractivity contribution in [3.05, 3.63) is 0 Å². The third-order valence-corrected chi connectivity index (χ3v) is 6.44. The molecule has 0 aliphatic heterocycles. The van der Waals surface area contributed by atoms with E-state index >= 15 is 0 Å². The van der Waals surface area contributed by atoms with Crippen LogP contribution in [0, 0.1) is 11.8 Å². The van der Waals surface area contributed by atoms with Gasteiger partial charge in [0.2, 0.25) is 0 Å². The lowest BCUT2D eigenvalue weighted by Crippen LogP contribution is -2.45. The van der Waals surface area contributed by atoms with Gasteiger partial charge in [-0.05, 0) is 24.7 Å². The summed E-state index contributed by atoms with van der Waals surface area (Å²) in [6.07, 6.45) is 1.06. The predicted octanol–water partition coefficient (Wildman–Crippen LogP) is 0.191. The van der Waals surface area contributed by atoms with Gasteiger partial charge in [-0.25, -0.2) is 8.42 Å². The molecule has 0 heterocycles. The molecule has 0 amide bonds. The van der Waals surface area contributed by atoms with Crippen LogP contribution in [0.2, 0.25) is 0 Å². The standard InChI is InChI=1S/C10H20O4S/c1-3-15(13,14)10(7-12)5-9(6-11)4-8(10)2/h8-9,11-12H,3-7H2,1-2H3/t8-,9+,10+/m0/s1. The monoisotopic (exact) mass is 236 g/mol. The van der Waals surface area contributed by atoms with Gasteiger partial charge in [-0.2, -0.15) is 0 Å². The Morgan fingerprint density at radius 3 is 2.33 bits per heavy atom. The first-order valence-electron chi connectivity index (χ1n) is 5.37. The fraction of sp³-hybridized carbons (Fsp3) is 1.00. The van der Waals surface area contributed by atoms with Crippen LogP contribution in [0.25, 0.3) is 0 Å². The molecule has 0 radical (unpaired) electrons. The van der Waals surface area contributed by atoms with Gasteiger partial charge in [0.15, 0.2) is 9.84 Å². The number of sulfone groups is 1. The van der Waals surface area contributed by atoms with Gasteiger partial charge in [-0.15, -0.1) is 0 Å². The van der Waals surface area contributed by atoms with Crippen LogP contribution in [0.4, 0.5) is 0 Å². The zero-order chi connectivity index (χ0) is 11.7. The van der Waals surface area contributed by atoms with Gasteiger partial charge in [0, 0.05) is 12.4 Å². The molecule has 1 fully saturated rings. The summed E-state index contributed by atoms with van der Waals surface area (Å²) in [5.74, 6) is -0.0196. The van der Waals surface area contributed by atoms with Crippen molar-refractivity contribution in [2.45, 2.75) is 31.4 Å². The molecule has 0 unspecified atom stereocenters. The van der Waals surface area contributed by atoms with Crippen molar-refractivity contribution in [2.24, 2.45) is 11.8 Å². The Morgan fingerprint density at radius 2 is 2.00 bits per heavy atom. The average molecular weight is 236 g/mol. The van der Waals surface area contributed by atoms with Crippen LogP contribution in [0.15, 0.2) is 0 Å². The van der Waals surface area contributed by atoms with Crippen LogP contribution in [-0.4, -0.2) is 42.3 Å². The minimum absolute atomic E-state index is 0.00528. The zero-order valence-electron chi connectivity index (χ0n) is 9.31. The molecule has 0 aromatic carbocycles. The highest BCUT2D eigenvalue weighted by molar-refractivity contribution is 7.92. The second kappa shape index (κ2) is 4.39. The fourth-order valence-electron chi connectivity index (χ4n) is 2.67. The number of hydrogen-bond donors (Lipinski definition) is 2. The summed E-state index contributed by atoms with van der Waals surface area (Å²) < 4.78 is 23.0. The zero-order valence-corrected chi connectivity index (χ0v) is 10.1. The van der Waals surface area contributed by atoms with E-state index in [0.29, 0.717) is 12.8 Å². The summed E-state index contributed by atoms with van der Waals surface area (Å²) in [5.41, 5.74) is 0. The molecule has 1 aliphatic rings. The molecular formula is C10H20O4S. The van der Waals surface area contributed by atoms with Gasteiger partial charge >= 0.3 is 0 Å². The van der Waals surface area contributed by atoms with Crippen LogP contribution >= 0.6 is 0 Å². The van der Waals surface area contributed by atoms with E-state index in [0.717, 1.165) is 0 Å². The number of rotatable bonds is 4. The second-order valence-electron chi connectivity index (χ2n) is 4.52. The van der Waals surface area contributed by atoms with Gasteiger partial charge in [-0.3, -0.25) is 0 Å². The average Bonchev–Trinajstić information content (AvgIpc) is 2.56. The van der Waals surface area contributed by atoms with E-state index in [1.54, 1.807) is 6.92 Å². The normalized spacial score (nSPS) is 37.1. The maximum atomic E-state index is 12.0. The SMILES string of the molecule is CCS(=O)(=O)[C@@]1(CO)C[C@H](CO)C[C@@H]1C. The maximum absolute atomic E-state index is 12.0. The van der Waals surface area contributed by atoms with Crippen molar-refractivity contribution in [1.29, 1.82) is 0 Å². The summed E-state index contributed by atoms with van der Waals surface area (Å²) in [6, 6.07) is 0. The van der Waals surface area contributed by atoms with Crippen molar-refractivity contribution in [3.8, 4) is 0 Å². The molecule has 3 atom stereocenters. The van der Waals surface area contributed by atoms with Crippen LogP contribution in [-0.2, 0) is 9.84 Å². The molecule has 0 bridgehead atoms. The molecule has 90 valence electrons. The topological polar surface area (TPSA) is 74.6 Å². The van der Waals surface area contributed by atoms with Crippen LogP contribution in [0.3, 0.4) is 0 Å². The lowest BCUT2D eigenvalue weighted by molar-refractivity contribution is 0.205. The first kappa shape index (κ1) is 12.9. The van der Waals surface area contributed by atoms with Crippen molar-refractivity contribution >= 4 is 9.84 Å². The Labute approximate surface area is 91.2 Å². The highest BCUT2D eigenvalue weighted by Gasteiger charge is 2.52. The lowest BCUT2D eigenvalue weighted by Gasteiger charge is -2.30. The molecule has 0 spiro atoms. The van der Waals surface area contributed by atoms with Gasteiger partial charge < -0.3 is 10.2 Å². The molecule has 4 nitrogen and oxygen atoms in total. The number of hydrogen-bond acceptors (Lipinski definition) is 4. The summed E-state index contributed by atoms with van der Waals surface area (Å²) in [7, 11) is -3.26. The highest BCUT2D eigenvalue weighted by Crippen LogP contribution is 2.44. The molecule has 5 heteroatoms. The van der Waals surface area contributed by atoms with Crippen molar-refractivity contribution in [2.75, 3.05) is 19.0 Å². The third-order valence-electron chi connectivity index (χ3n) is 3.74. The molecule has 0 saturated heterocycles. The van der Waals surface area contributed by atoms with Crippen LogP contribution < -0.4 is 0 Å².